The topological polar surface area (TPSA) is 82.3 Å². The highest BCUT2D eigenvalue weighted by molar-refractivity contribution is 6.00. The third kappa shape index (κ3) is 6.95. The molecule has 25 heavy (non-hydrogen) atoms. The van der Waals surface area contributed by atoms with Crippen molar-refractivity contribution in [2.24, 2.45) is 5.92 Å². The lowest BCUT2D eigenvalue weighted by atomic mass is 10.1. The molecule has 0 heterocycles. The molecule has 0 saturated carbocycles. The van der Waals surface area contributed by atoms with Crippen LogP contribution in [0.3, 0.4) is 0 Å². The zero-order chi connectivity index (χ0) is 18.1. The van der Waals surface area contributed by atoms with Crippen LogP contribution in [0.5, 0.6) is 0 Å². The minimum atomic E-state index is -0.343. The van der Waals surface area contributed by atoms with Crippen molar-refractivity contribution in [2.45, 2.75) is 20.3 Å². The largest absolute Gasteiger partial charge is 0.338 e. The molecule has 6 heteroatoms. The van der Waals surface area contributed by atoms with Crippen LogP contribution in [0, 0.1) is 5.92 Å². The predicted octanol–water partition coefficient (Wildman–Crippen LogP) is 4.50. The van der Waals surface area contributed by atoms with Crippen LogP contribution in [0.15, 0.2) is 54.6 Å². The Morgan fingerprint density at radius 1 is 0.800 bits per heavy atom. The monoisotopic (exact) mass is 340 g/mol. The molecule has 0 spiro atoms. The van der Waals surface area contributed by atoms with E-state index in [0.717, 1.165) is 6.42 Å². The SMILES string of the molecule is CC(C)CCNC(=O)Nc1cccc(NC(=O)Nc2ccccc2)c1. The minimum Gasteiger partial charge on any atom is -0.338 e. The first-order valence-corrected chi connectivity index (χ1v) is 8.31. The first kappa shape index (κ1) is 18.3. The molecular formula is C19H24N4O2. The van der Waals surface area contributed by atoms with Crippen LogP contribution < -0.4 is 21.3 Å². The molecule has 0 fully saturated rings. The Morgan fingerprint density at radius 2 is 1.36 bits per heavy atom. The van der Waals surface area contributed by atoms with Crippen molar-refractivity contribution < 1.29 is 9.59 Å². The number of nitrogens with one attached hydrogen (secondary N) is 4. The van der Waals surface area contributed by atoms with E-state index in [4.69, 9.17) is 0 Å². The number of rotatable bonds is 6. The Morgan fingerprint density at radius 3 is 2.00 bits per heavy atom. The molecule has 6 nitrogen and oxygen atoms in total. The molecule has 0 aliphatic carbocycles. The Labute approximate surface area is 148 Å². The summed E-state index contributed by atoms with van der Waals surface area (Å²) >= 11 is 0. The molecular weight excluding hydrogens is 316 g/mol. The average molecular weight is 340 g/mol. The second-order valence-electron chi connectivity index (χ2n) is 6.09. The van der Waals surface area contributed by atoms with Crippen LogP contribution in [0.25, 0.3) is 0 Å². The van der Waals surface area contributed by atoms with E-state index in [2.05, 4.69) is 35.1 Å². The average Bonchev–Trinajstić information content (AvgIpc) is 2.55. The van der Waals surface area contributed by atoms with Gasteiger partial charge in [0.05, 0.1) is 0 Å². The summed E-state index contributed by atoms with van der Waals surface area (Å²) in [4.78, 5) is 23.8. The molecule has 0 aliphatic heterocycles. The fourth-order valence-electron chi connectivity index (χ4n) is 2.14. The molecule has 0 aromatic heterocycles. The van der Waals surface area contributed by atoms with Crippen LogP contribution in [0.1, 0.15) is 20.3 Å². The van der Waals surface area contributed by atoms with E-state index in [9.17, 15) is 9.59 Å². The normalized spacial score (nSPS) is 10.2. The molecule has 132 valence electrons. The highest BCUT2D eigenvalue weighted by Crippen LogP contribution is 2.15. The number of para-hydroxylation sites is 1. The molecule has 0 unspecified atom stereocenters. The minimum absolute atomic E-state index is 0.258. The molecule has 0 bridgehead atoms. The third-order valence-electron chi connectivity index (χ3n) is 3.42. The molecule has 0 atom stereocenters. The number of benzene rings is 2. The van der Waals surface area contributed by atoms with Crippen LogP contribution in [-0.2, 0) is 0 Å². The standard InChI is InChI=1S/C19H24N4O2/c1-14(2)11-12-20-18(24)22-16-9-6-10-17(13-16)23-19(25)21-15-7-4-3-5-8-15/h3-10,13-14H,11-12H2,1-2H3,(H2,20,22,24)(H2,21,23,25). The van der Waals surface area contributed by atoms with Gasteiger partial charge in [-0.2, -0.15) is 0 Å². The summed E-state index contributed by atoms with van der Waals surface area (Å²) in [5.74, 6) is 0.538. The van der Waals surface area contributed by atoms with Crippen molar-refractivity contribution in [1.29, 1.82) is 0 Å². The highest BCUT2D eigenvalue weighted by atomic mass is 16.2. The Hall–Kier alpha value is -3.02. The van der Waals surface area contributed by atoms with Gasteiger partial charge in [-0.05, 0) is 42.7 Å². The van der Waals surface area contributed by atoms with Crippen molar-refractivity contribution in [2.75, 3.05) is 22.5 Å². The van der Waals surface area contributed by atoms with Crippen LogP contribution in [0.4, 0.5) is 26.7 Å². The lowest BCUT2D eigenvalue weighted by Gasteiger charge is -2.11. The van der Waals surface area contributed by atoms with Gasteiger partial charge in [0.2, 0.25) is 0 Å². The van der Waals surface area contributed by atoms with E-state index in [0.29, 0.717) is 29.5 Å². The van der Waals surface area contributed by atoms with Gasteiger partial charge in [-0.15, -0.1) is 0 Å². The highest BCUT2D eigenvalue weighted by Gasteiger charge is 2.05. The van der Waals surface area contributed by atoms with E-state index >= 15 is 0 Å². The van der Waals surface area contributed by atoms with E-state index in [1.165, 1.54) is 0 Å². The summed E-state index contributed by atoms with van der Waals surface area (Å²) in [5, 5.41) is 11.0. The summed E-state index contributed by atoms with van der Waals surface area (Å²) in [6.45, 7) is 4.84. The van der Waals surface area contributed by atoms with Crippen LogP contribution >= 0.6 is 0 Å². The zero-order valence-corrected chi connectivity index (χ0v) is 14.5. The van der Waals surface area contributed by atoms with E-state index in [1.54, 1.807) is 36.4 Å². The predicted molar refractivity (Wildman–Crippen MR) is 102 cm³/mol. The van der Waals surface area contributed by atoms with E-state index < -0.39 is 0 Å². The van der Waals surface area contributed by atoms with Gasteiger partial charge in [-0.1, -0.05) is 38.1 Å². The number of hydrogen-bond acceptors (Lipinski definition) is 2. The Bertz CT molecular complexity index is 702. The maximum atomic E-state index is 12.0. The number of amides is 4. The zero-order valence-electron chi connectivity index (χ0n) is 14.5. The quantitative estimate of drug-likeness (QED) is 0.624. The number of carbonyl (C=O) groups excluding carboxylic acids is 2. The number of carbonyl (C=O) groups is 2. The van der Waals surface area contributed by atoms with Gasteiger partial charge in [0.25, 0.3) is 0 Å². The maximum absolute atomic E-state index is 12.0. The number of hydrogen-bond donors (Lipinski definition) is 4. The van der Waals surface area contributed by atoms with E-state index in [-0.39, 0.29) is 12.1 Å². The second kappa shape index (κ2) is 9.32. The summed E-state index contributed by atoms with van der Waals surface area (Å²) in [5.41, 5.74) is 1.91. The van der Waals surface area contributed by atoms with Gasteiger partial charge in [-0.3, -0.25) is 0 Å². The molecule has 4 amide bonds. The molecule has 2 aromatic carbocycles. The molecule has 0 radical (unpaired) electrons. The summed E-state index contributed by atoms with van der Waals surface area (Å²) in [6.07, 6.45) is 0.925. The van der Waals surface area contributed by atoms with E-state index in [1.807, 2.05) is 18.2 Å². The third-order valence-corrected chi connectivity index (χ3v) is 3.42. The molecule has 0 aliphatic rings. The van der Waals surface area contributed by atoms with Crippen LogP contribution in [0.2, 0.25) is 0 Å². The van der Waals surface area contributed by atoms with Crippen LogP contribution in [-0.4, -0.2) is 18.6 Å². The molecule has 4 N–H and O–H groups in total. The first-order chi connectivity index (χ1) is 12.0. The summed E-state index contributed by atoms with van der Waals surface area (Å²) < 4.78 is 0. The van der Waals surface area contributed by atoms with Crippen molar-refractivity contribution >= 4 is 29.1 Å². The molecule has 2 aromatic rings. The summed E-state index contributed by atoms with van der Waals surface area (Å²) in [7, 11) is 0. The fourth-order valence-corrected chi connectivity index (χ4v) is 2.14. The smallest absolute Gasteiger partial charge is 0.323 e. The maximum Gasteiger partial charge on any atom is 0.323 e. The number of anilines is 3. The number of urea groups is 2. The Balaban J connectivity index is 1.85. The second-order valence-corrected chi connectivity index (χ2v) is 6.09. The van der Waals surface area contributed by atoms with Crippen molar-refractivity contribution in [3.63, 3.8) is 0 Å². The van der Waals surface area contributed by atoms with Gasteiger partial charge >= 0.3 is 12.1 Å². The first-order valence-electron chi connectivity index (χ1n) is 8.31. The van der Waals surface area contributed by atoms with Gasteiger partial charge in [0.1, 0.15) is 0 Å². The van der Waals surface area contributed by atoms with Crippen molar-refractivity contribution in [1.82, 2.24) is 5.32 Å². The van der Waals surface area contributed by atoms with Gasteiger partial charge in [0, 0.05) is 23.6 Å². The lowest BCUT2D eigenvalue weighted by molar-refractivity contribution is 0.251. The van der Waals surface area contributed by atoms with Crippen molar-refractivity contribution in [3.05, 3.63) is 54.6 Å². The molecule has 0 saturated heterocycles. The van der Waals surface area contributed by atoms with Gasteiger partial charge in [0.15, 0.2) is 0 Å². The van der Waals surface area contributed by atoms with Gasteiger partial charge in [-0.25, -0.2) is 9.59 Å². The summed E-state index contributed by atoms with van der Waals surface area (Å²) in [6, 6.07) is 15.6. The van der Waals surface area contributed by atoms with Crippen molar-refractivity contribution in [3.8, 4) is 0 Å². The molecule has 2 rings (SSSR count). The lowest BCUT2D eigenvalue weighted by Crippen LogP contribution is -2.30. The Kier molecular flexibility index (Phi) is 6.83. The fraction of sp³-hybridized carbons (Fsp3) is 0.263. The van der Waals surface area contributed by atoms with Gasteiger partial charge < -0.3 is 21.3 Å².